The lowest BCUT2D eigenvalue weighted by Gasteiger charge is -2.47. The summed E-state index contributed by atoms with van der Waals surface area (Å²) < 4.78 is 0. The van der Waals surface area contributed by atoms with E-state index < -0.39 is 0 Å². The summed E-state index contributed by atoms with van der Waals surface area (Å²) in [7, 11) is 0. The van der Waals surface area contributed by atoms with E-state index in [0.717, 1.165) is 11.8 Å². The van der Waals surface area contributed by atoms with Crippen LogP contribution >= 0.6 is 0 Å². The maximum Gasteiger partial charge on any atom is 0.0602 e. The molecule has 2 aromatic rings. The van der Waals surface area contributed by atoms with Crippen LogP contribution in [0.5, 0.6) is 0 Å². The van der Waals surface area contributed by atoms with E-state index in [1.165, 1.54) is 43.4 Å². The van der Waals surface area contributed by atoms with E-state index in [-0.39, 0.29) is 5.54 Å². The molecule has 1 saturated carbocycles. The number of anilines is 1. The first kappa shape index (κ1) is 13.9. The fraction of sp³-hybridized carbons (Fsp3) is 0.429. The Morgan fingerprint density at radius 1 is 0.909 bits per heavy atom. The Kier molecular flexibility index (Phi) is 3.44. The highest BCUT2D eigenvalue weighted by atomic mass is 15.0. The van der Waals surface area contributed by atoms with Crippen molar-refractivity contribution in [3.05, 3.63) is 65.7 Å². The molecular weight excluding hydrogens is 266 g/mol. The van der Waals surface area contributed by atoms with Gasteiger partial charge in [-0.1, -0.05) is 55.3 Å². The van der Waals surface area contributed by atoms with Crippen molar-refractivity contribution in [3.63, 3.8) is 0 Å². The fourth-order valence-electron chi connectivity index (χ4n) is 4.78. The molecule has 2 aliphatic carbocycles. The highest BCUT2D eigenvalue weighted by Gasteiger charge is 2.42. The lowest BCUT2D eigenvalue weighted by Crippen LogP contribution is -2.41. The third-order valence-electron chi connectivity index (χ3n) is 5.73. The van der Waals surface area contributed by atoms with Crippen LogP contribution in [0.15, 0.2) is 54.6 Å². The van der Waals surface area contributed by atoms with Gasteiger partial charge in [-0.2, -0.15) is 0 Å². The van der Waals surface area contributed by atoms with Crippen molar-refractivity contribution < 1.29 is 0 Å². The molecule has 0 saturated heterocycles. The molecule has 0 bridgehead atoms. The topological polar surface area (TPSA) is 12.0 Å². The molecule has 1 nitrogen and oxygen atoms in total. The van der Waals surface area contributed by atoms with Crippen molar-refractivity contribution in [2.45, 2.75) is 50.5 Å². The van der Waals surface area contributed by atoms with E-state index in [2.05, 4.69) is 66.8 Å². The summed E-state index contributed by atoms with van der Waals surface area (Å²) in [6.45, 7) is 2.39. The quantitative estimate of drug-likeness (QED) is 0.749. The van der Waals surface area contributed by atoms with Gasteiger partial charge in [0.05, 0.1) is 5.54 Å². The number of fused-ring (bicyclic) bond motifs is 3. The van der Waals surface area contributed by atoms with Crippen LogP contribution in [-0.2, 0) is 5.54 Å². The SMILES string of the molecule is CC1(Nc2ccccc2)CC2CCCCC2c2ccccc21. The number of para-hydroxylation sites is 1. The van der Waals surface area contributed by atoms with Crippen molar-refractivity contribution in [2.75, 3.05) is 5.32 Å². The Labute approximate surface area is 133 Å². The number of hydrogen-bond donors (Lipinski definition) is 1. The molecule has 3 atom stereocenters. The molecule has 4 rings (SSSR count). The zero-order chi connectivity index (χ0) is 15.0. The Bertz CT molecular complexity index is 648. The Morgan fingerprint density at radius 2 is 1.64 bits per heavy atom. The second kappa shape index (κ2) is 5.46. The van der Waals surface area contributed by atoms with Gasteiger partial charge in [0.25, 0.3) is 0 Å². The van der Waals surface area contributed by atoms with E-state index in [4.69, 9.17) is 0 Å². The molecule has 114 valence electrons. The summed E-state index contributed by atoms with van der Waals surface area (Å²) in [5.41, 5.74) is 4.40. The van der Waals surface area contributed by atoms with E-state index in [9.17, 15) is 0 Å². The van der Waals surface area contributed by atoms with Crippen LogP contribution in [0.2, 0.25) is 0 Å². The minimum Gasteiger partial charge on any atom is -0.376 e. The van der Waals surface area contributed by atoms with Gasteiger partial charge in [0, 0.05) is 5.69 Å². The van der Waals surface area contributed by atoms with Crippen molar-refractivity contribution in [2.24, 2.45) is 5.92 Å². The van der Waals surface area contributed by atoms with Crippen LogP contribution < -0.4 is 5.32 Å². The molecule has 0 spiro atoms. The van der Waals surface area contributed by atoms with Crippen molar-refractivity contribution in [3.8, 4) is 0 Å². The average molecular weight is 291 g/mol. The molecule has 1 N–H and O–H groups in total. The first-order valence-electron chi connectivity index (χ1n) is 8.69. The molecule has 1 heteroatoms. The van der Waals surface area contributed by atoms with Crippen LogP contribution in [0.25, 0.3) is 0 Å². The molecule has 0 radical (unpaired) electrons. The van der Waals surface area contributed by atoms with Gasteiger partial charge >= 0.3 is 0 Å². The van der Waals surface area contributed by atoms with Crippen LogP contribution in [0.3, 0.4) is 0 Å². The summed E-state index contributed by atoms with van der Waals surface area (Å²) in [5, 5.41) is 3.85. The van der Waals surface area contributed by atoms with Crippen molar-refractivity contribution in [1.29, 1.82) is 0 Å². The number of hydrogen-bond acceptors (Lipinski definition) is 1. The van der Waals surface area contributed by atoms with Gasteiger partial charge < -0.3 is 5.32 Å². The summed E-state index contributed by atoms with van der Waals surface area (Å²) in [4.78, 5) is 0. The molecule has 0 amide bonds. The largest absolute Gasteiger partial charge is 0.376 e. The maximum atomic E-state index is 3.85. The summed E-state index contributed by atoms with van der Waals surface area (Å²) in [5.74, 6) is 1.63. The number of benzene rings is 2. The molecule has 1 fully saturated rings. The molecule has 2 aromatic carbocycles. The summed E-state index contributed by atoms with van der Waals surface area (Å²) in [6.07, 6.45) is 6.83. The van der Waals surface area contributed by atoms with Crippen LogP contribution in [-0.4, -0.2) is 0 Å². The number of rotatable bonds is 2. The predicted octanol–water partition coefficient (Wildman–Crippen LogP) is 5.69. The van der Waals surface area contributed by atoms with E-state index >= 15 is 0 Å². The van der Waals surface area contributed by atoms with Gasteiger partial charge in [-0.3, -0.25) is 0 Å². The van der Waals surface area contributed by atoms with Gasteiger partial charge in [-0.15, -0.1) is 0 Å². The van der Waals surface area contributed by atoms with Crippen LogP contribution in [0.1, 0.15) is 56.1 Å². The van der Waals surface area contributed by atoms with Gasteiger partial charge in [0.1, 0.15) is 0 Å². The second-order valence-corrected chi connectivity index (χ2v) is 7.27. The molecule has 0 aromatic heterocycles. The lowest BCUT2D eigenvalue weighted by atomic mass is 9.62. The maximum absolute atomic E-state index is 3.85. The summed E-state index contributed by atoms with van der Waals surface area (Å²) in [6, 6.07) is 19.8. The molecule has 0 aliphatic heterocycles. The third-order valence-corrected chi connectivity index (χ3v) is 5.73. The number of nitrogens with one attached hydrogen (secondary N) is 1. The smallest absolute Gasteiger partial charge is 0.0602 e. The van der Waals surface area contributed by atoms with Gasteiger partial charge in [0.15, 0.2) is 0 Å². The molecule has 2 aliphatic rings. The highest BCUT2D eigenvalue weighted by Crippen LogP contribution is 2.51. The monoisotopic (exact) mass is 291 g/mol. The van der Waals surface area contributed by atoms with E-state index in [1.807, 2.05) is 0 Å². The van der Waals surface area contributed by atoms with Crippen LogP contribution in [0, 0.1) is 5.92 Å². The van der Waals surface area contributed by atoms with E-state index in [0.29, 0.717) is 0 Å². The standard InChI is InChI=1S/C21H25N/c1-21(22-17-10-3-2-4-11-17)15-16-9-5-6-12-18(16)19-13-7-8-14-20(19)21/h2-4,7-8,10-11,13-14,16,18,22H,5-6,9,12,15H2,1H3. The van der Waals surface area contributed by atoms with Gasteiger partial charge in [-0.05, 0) is 61.3 Å². The summed E-state index contributed by atoms with van der Waals surface area (Å²) >= 11 is 0. The predicted molar refractivity (Wildman–Crippen MR) is 93.2 cm³/mol. The Balaban J connectivity index is 1.75. The molecule has 0 heterocycles. The third kappa shape index (κ3) is 2.33. The van der Waals surface area contributed by atoms with Crippen LogP contribution in [0.4, 0.5) is 5.69 Å². The Hall–Kier alpha value is -1.76. The van der Waals surface area contributed by atoms with E-state index in [1.54, 1.807) is 5.56 Å². The zero-order valence-corrected chi connectivity index (χ0v) is 13.4. The fourth-order valence-corrected chi connectivity index (χ4v) is 4.78. The molecular formula is C21H25N. The first-order chi connectivity index (χ1) is 10.8. The minimum absolute atomic E-state index is 0.0520. The van der Waals surface area contributed by atoms with Gasteiger partial charge in [-0.25, -0.2) is 0 Å². The highest BCUT2D eigenvalue weighted by molar-refractivity contribution is 5.51. The zero-order valence-electron chi connectivity index (χ0n) is 13.4. The van der Waals surface area contributed by atoms with Crippen molar-refractivity contribution >= 4 is 5.69 Å². The van der Waals surface area contributed by atoms with Gasteiger partial charge in [0.2, 0.25) is 0 Å². The molecule has 3 unspecified atom stereocenters. The lowest BCUT2D eigenvalue weighted by molar-refractivity contribution is 0.224. The van der Waals surface area contributed by atoms with Crippen molar-refractivity contribution in [1.82, 2.24) is 0 Å². The Morgan fingerprint density at radius 3 is 2.50 bits per heavy atom. The average Bonchev–Trinajstić information content (AvgIpc) is 2.56. The normalized spacial score (nSPS) is 30.2. The minimum atomic E-state index is 0.0520. The molecule has 22 heavy (non-hydrogen) atoms. The first-order valence-corrected chi connectivity index (χ1v) is 8.69. The second-order valence-electron chi connectivity index (χ2n) is 7.27.